The molecule has 0 aromatic carbocycles. The molecule has 66 valence electrons. The molecule has 2 unspecified atom stereocenters. The van der Waals surface area contributed by atoms with Gasteiger partial charge in [0.25, 0.3) is 0 Å². The summed E-state index contributed by atoms with van der Waals surface area (Å²) in [6, 6.07) is 0.182. The summed E-state index contributed by atoms with van der Waals surface area (Å²) in [4.78, 5) is 0. The van der Waals surface area contributed by atoms with Crippen LogP contribution in [0.15, 0.2) is 0 Å². The predicted octanol–water partition coefficient (Wildman–Crippen LogP) is 1.13. The van der Waals surface area contributed by atoms with Crippen LogP contribution in [0.3, 0.4) is 0 Å². The predicted molar refractivity (Wildman–Crippen MR) is 46.2 cm³/mol. The summed E-state index contributed by atoms with van der Waals surface area (Å²) in [5.41, 5.74) is 6.24. The van der Waals surface area contributed by atoms with Crippen LogP contribution in [0.4, 0.5) is 0 Å². The highest BCUT2D eigenvalue weighted by Crippen LogP contribution is 2.37. The zero-order chi connectivity index (χ0) is 8.48. The first-order valence-electron chi connectivity index (χ1n) is 4.44. The molecule has 3 N–H and O–H groups in total. The van der Waals surface area contributed by atoms with Crippen molar-refractivity contribution in [2.75, 3.05) is 6.61 Å². The van der Waals surface area contributed by atoms with Crippen LogP contribution in [0, 0.1) is 11.3 Å². The molecule has 0 aliphatic heterocycles. The Kier molecular flexibility index (Phi) is 2.55. The molecule has 0 aromatic heterocycles. The van der Waals surface area contributed by atoms with Gasteiger partial charge in [-0.05, 0) is 24.2 Å². The molecule has 2 heteroatoms. The van der Waals surface area contributed by atoms with Crippen molar-refractivity contribution in [3.8, 4) is 0 Å². The molecule has 1 saturated carbocycles. The molecule has 1 aliphatic carbocycles. The summed E-state index contributed by atoms with van der Waals surface area (Å²) in [6.45, 7) is 4.64. The minimum absolute atomic E-state index is 0.182. The van der Waals surface area contributed by atoms with Gasteiger partial charge in [-0.2, -0.15) is 0 Å². The van der Waals surface area contributed by atoms with E-state index < -0.39 is 0 Å². The van der Waals surface area contributed by atoms with E-state index in [0.29, 0.717) is 5.92 Å². The lowest BCUT2D eigenvalue weighted by molar-refractivity contribution is 0.0894. The van der Waals surface area contributed by atoms with Crippen LogP contribution in [0.1, 0.15) is 33.1 Å². The number of rotatable bonds is 1. The average Bonchev–Trinajstić information content (AvgIpc) is 1.95. The van der Waals surface area contributed by atoms with Gasteiger partial charge in [0.05, 0.1) is 0 Å². The number of nitrogens with two attached hydrogens (primary N) is 1. The van der Waals surface area contributed by atoms with Crippen molar-refractivity contribution in [1.29, 1.82) is 0 Å². The van der Waals surface area contributed by atoms with Crippen LogP contribution in [0.25, 0.3) is 0 Å². The molecule has 11 heavy (non-hydrogen) atoms. The fourth-order valence-corrected chi connectivity index (χ4v) is 2.01. The van der Waals surface area contributed by atoms with Crippen LogP contribution in [0.5, 0.6) is 0 Å². The second-order valence-corrected chi connectivity index (χ2v) is 4.35. The van der Waals surface area contributed by atoms with E-state index in [0.717, 1.165) is 6.42 Å². The van der Waals surface area contributed by atoms with Gasteiger partial charge < -0.3 is 10.8 Å². The molecule has 0 amide bonds. The van der Waals surface area contributed by atoms with Gasteiger partial charge in [0.15, 0.2) is 0 Å². The van der Waals surface area contributed by atoms with Gasteiger partial charge in [0.2, 0.25) is 0 Å². The number of aliphatic hydroxyl groups excluding tert-OH is 1. The molecule has 1 fully saturated rings. The lowest BCUT2D eigenvalue weighted by Crippen LogP contribution is -2.47. The van der Waals surface area contributed by atoms with E-state index in [1.54, 1.807) is 0 Å². The zero-order valence-corrected chi connectivity index (χ0v) is 7.51. The Morgan fingerprint density at radius 3 is 2.64 bits per heavy atom. The molecular formula is C9H19NO. The minimum atomic E-state index is 0.182. The van der Waals surface area contributed by atoms with E-state index in [2.05, 4.69) is 13.8 Å². The minimum Gasteiger partial charge on any atom is -0.396 e. The first-order chi connectivity index (χ1) is 5.08. The number of hydrogen-bond acceptors (Lipinski definition) is 2. The molecule has 0 radical (unpaired) electrons. The quantitative estimate of drug-likeness (QED) is 0.599. The van der Waals surface area contributed by atoms with Crippen molar-refractivity contribution in [1.82, 2.24) is 0 Å². The third kappa shape index (κ3) is 1.74. The van der Waals surface area contributed by atoms with Crippen molar-refractivity contribution >= 4 is 0 Å². The summed E-state index contributed by atoms with van der Waals surface area (Å²) in [5, 5.41) is 9.01. The fourth-order valence-electron chi connectivity index (χ4n) is 2.01. The molecule has 2 atom stereocenters. The van der Waals surface area contributed by atoms with Crippen molar-refractivity contribution in [3.63, 3.8) is 0 Å². The maximum absolute atomic E-state index is 9.01. The standard InChI is InChI=1S/C9H19NO/c1-9(2)5-3-4-7(6-11)8(9)10/h7-8,11H,3-6,10H2,1-2H3. The van der Waals surface area contributed by atoms with Crippen molar-refractivity contribution in [3.05, 3.63) is 0 Å². The van der Waals surface area contributed by atoms with E-state index >= 15 is 0 Å². The largest absolute Gasteiger partial charge is 0.396 e. The Balaban J connectivity index is 2.60. The van der Waals surface area contributed by atoms with Crippen LogP contribution < -0.4 is 5.73 Å². The number of aliphatic hydroxyl groups is 1. The molecule has 0 bridgehead atoms. The first kappa shape index (κ1) is 9.01. The molecule has 2 nitrogen and oxygen atoms in total. The fraction of sp³-hybridized carbons (Fsp3) is 1.00. The summed E-state index contributed by atoms with van der Waals surface area (Å²) in [6.07, 6.45) is 3.51. The molecule has 0 aromatic rings. The maximum Gasteiger partial charge on any atom is 0.0474 e. The highest BCUT2D eigenvalue weighted by Gasteiger charge is 2.35. The Morgan fingerprint density at radius 2 is 2.18 bits per heavy atom. The summed E-state index contributed by atoms with van der Waals surface area (Å²) >= 11 is 0. The molecule has 1 rings (SSSR count). The highest BCUT2D eigenvalue weighted by atomic mass is 16.3. The van der Waals surface area contributed by atoms with E-state index in [-0.39, 0.29) is 18.1 Å². The third-order valence-electron chi connectivity index (χ3n) is 3.04. The molecular weight excluding hydrogens is 138 g/mol. The lowest BCUT2D eigenvalue weighted by Gasteiger charge is -2.41. The summed E-state index contributed by atoms with van der Waals surface area (Å²) < 4.78 is 0. The second kappa shape index (κ2) is 3.11. The van der Waals surface area contributed by atoms with Crippen molar-refractivity contribution in [2.24, 2.45) is 17.1 Å². The Labute approximate surface area is 68.8 Å². The average molecular weight is 157 g/mol. The Hall–Kier alpha value is -0.0800. The molecule has 0 heterocycles. The van der Waals surface area contributed by atoms with Gasteiger partial charge in [0.1, 0.15) is 0 Å². The summed E-state index contributed by atoms with van der Waals surface area (Å²) in [7, 11) is 0. The van der Waals surface area contributed by atoms with Crippen molar-refractivity contribution < 1.29 is 5.11 Å². The van der Waals surface area contributed by atoms with Crippen LogP contribution in [-0.2, 0) is 0 Å². The molecule has 0 spiro atoms. The Bertz CT molecular complexity index is 134. The summed E-state index contributed by atoms with van der Waals surface area (Å²) in [5.74, 6) is 0.332. The zero-order valence-electron chi connectivity index (χ0n) is 7.51. The first-order valence-corrected chi connectivity index (χ1v) is 4.44. The highest BCUT2D eigenvalue weighted by molar-refractivity contribution is 4.90. The van der Waals surface area contributed by atoms with Gasteiger partial charge in [-0.25, -0.2) is 0 Å². The van der Waals surface area contributed by atoms with E-state index in [1.807, 2.05) is 0 Å². The lowest BCUT2D eigenvalue weighted by atomic mass is 9.69. The van der Waals surface area contributed by atoms with Crippen LogP contribution in [0.2, 0.25) is 0 Å². The van der Waals surface area contributed by atoms with Gasteiger partial charge in [0, 0.05) is 12.6 Å². The van der Waals surface area contributed by atoms with E-state index in [9.17, 15) is 0 Å². The van der Waals surface area contributed by atoms with Gasteiger partial charge in [-0.1, -0.05) is 20.3 Å². The smallest absolute Gasteiger partial charge is 0.0474 e. The van der Waals surface area contributed by atoms with E-state index in [1.165, 1.54) is 12.8 Å². The molecule has 1 aliphatic rings. The van der Waals surface area contributed by atoms with Crippen LogP contribution in [-0.4, -0.2) is 17.8 Å². The van der Waals surface area contributed by atoms with Gasteiger partial charge in [-0.3, -0.25) is 0 Å². The topological polar surface area (TPSA) is 46.2 Å². The molecule has 0 saturated heterocycles. The second-order valence-electron chi connectivity index (χ2n) is 4.35. The third-order valence-corrected chi connectivity index (χ3v) is 3.04. The van der Waals surface area contributed by atoms with Crippen LogP contribution >= 0.6 is 0 Å². The normalized spacial score (nSPS) is 37.1. The SMILES string of the molecule is CC1(C)CCCC(CO)C1N. The van der Waals surface area contributed by atoms with Gasteiger partial charge in [-0.15, -0.1) is 0 Å². The maximum atomic E-state index is 9.01. The van der Waals surface area contributed by atoms with Gasteiger partial charge >= 0.3 is 0 Å². The number of hydrogen-bond donors (Lipinski definition) is 2. The monoisotopic (exact) mass is 157 g/mol. The van der Waals surface area contributed by atoms with E-state index in [4.69, 9.17) is 10.8 Å². The van der Waals surface area contributed by atoms with Crippen molar-refractivity contribution in [2.45, 2.75) is 39.2 Å². The Morgan fingerprint density at radius 1 is 1.55 bits per heavy atom.